The Morgan fingerprint density at radius 2 is 1.79 bits per heavy atom. The van der Waals surface area contributed by atoms with Crippen molar-refractivity contribution in [1.82, 2.24) is 10.1 Å². The van der Waals surface area contributed by atoms with Gasteiger partial charge in [-0.2, -0.15) is 4.98 Å². The number of nitrogens with zero attached hydrogens (tertiary/aromatic N) is 3. The molecular formula is C26H22N4O3. The Bertz CT molecular complexity index is 1300. The van der Waals surface area contributed by atoms with Crippen LogP contribution in [0.3, 0.4) is 0 Å². The van der Waals surface area contributed by atoms with Crippen molar-refractivity contribution in [2.45, 2.75) is 13.3 Å². The second-order valence-electron chi connectivity index (χ2n) is 8.10. The van der Waals surface area contributed by atoms with Crippen molar-refractivity contribution < 1.29 is 14.1 Å². The van der Waals surface area contributed by atoms with E-state index in [-0.39, 0.29) is 18.2 Å². The van der Waals surface area contributed by atoms with E-state index in [1.807, 2.05) is 73.7 Å². The molecule has 0 unspecified atom stereocenters. The van der Waals surface area contributed by atoms with E-state index in [1.54, 1.807) is 17.0 Å². The van der Waals surface area contributed by atoms with Crippen LogP contribution in [0.4, 0.5) is 11.4 Å². The highest BCUT2D eigenvalue weighted by atomic mass is 16.5. The third-order valence-electron chi connectivity index (χ3n) is 5.67. The van der Waals surface area contributed by atoms with E-state index in [1.165, 1.54) is 0 Å². The number of aromatic nitrogens is 2. The lowest BCUT2D eigenvalue weighted by atomic mass is 10.1. The summed E-state index contributed by atoms with van der Waals surface area (Å²) < 4.78 is 5.42. The van der Waals surface area contributed by atoms with Gasteiger partial charge in [0.25, 0.3) is 5.89 Å². The molecule has 2 amide bonds. The molecule has 1 atom stereocenters. The highest BCUT2D eigenvalue weighted by Crippen LogP contribution is 2.27. The first-order valence-electron chi connectivity index (χ1n) is 10.7. The molecule has 1 saturated heterocycles. The molecule has 1 aliphatic rings. The minimum Gasteiger partial charge on any atom is -0.334 e. The lowest BCUT2D eigenvalue weighted by Gasteiger charge is -2.16. The van der Waals surface area contributed by atoms with Gasteiger partial charge in [-0.25, -0.2) is 0 Å². The van der Waals surface area contributed by atoms with Gasteiger partial charge in [-0.1, -0.05) is 47.1 Å². The zero-order valence-corrected chi connectivity index (χ0v) is 18.1. The van der Waals surface area contributed by atoms with Crippen LogP contribution in [0.15, 0.2) is 83.4 Å². The summed E-state index contributed by atoms with van der Waals surface area (Å²) in [5, 5.41) is 6.98. The summed E-state index contributed by atoms with van der Waals surface area (Å²) in [6.07, 6.45) is 0.197. The van der Waals surface area contributed by atoms with Crippen LogP contribution in [0.1, 0.15) is 12.0 Å². The average Bonchev–Trinajstić information content (AvgIpc) is 3.48. The van der Waals surface area contributed by atoms with Gasteiger partial charge in [0.05, 0.1) is 5.92 Å². The number of aryl methyl sites for hydroxylation is 1. The first-order valence-corrected chi connectivity index (χ1v) is 10.7. The van der Waals surface area contributed by atoms with Crippen LogP contribution >= 0.6 is 0 Å². The summed E-state index contributed by atoms with van der Waals surface area (Å²) in [6, 6.07) is 24.5. The fourth-order valence-electron chi connectivity index (χ4n) is 3.92. The standard InChI is InChI=1S/C26H22N4O3/c1-17-6-5-7-19(14-17)24-28-26(33-29-24)18-10-12-21(13-11-18)27-25(32)20-15-23(31)30(16-20)22-8-3-2-4-9-22/h2-14,20H,15-16H2,1H3,(H,27,32)/t20-/m1/s1. The third kappa shape index (κ3) is 4.39. The van der Waals surface area contributed by atoms with E-state index in [2.05, 4.69) is 15.5 Å². The van der Waals surface area contributed by atoms with Crippen LogP contribution in [-0.2, 0) is 9.59 Å². The van der Waals surface area contributed by atoms with Crippen LogP contribution in [-0.4, -0.2) is 28.5 Å². The van der Waals surface area contributed by atoms with Crippen LogP contribution < -0.4 is 10.2 Å². The van der Waals surface area contributed by atoms with Crippen molar-refractivity contribution in [1.29, 1.82) is 0 Å². The Hall–Kier alpha value is -4.26. The number of carbonyl (C=O) groups is 2. The van der Waals surface area contributed by atoms with Crippen molar-refractivity contribution >= 4 is 23.2 Å². The largest absolute Gasteiger partial charge is 0.334 e. The highest BCUT2D eigenvalue weighted by Gasteiger charge is 2.35. The summed E-state index contributed by atoms with van der Waals surface area (Å²) in [6.45, 7) is 2.38. The predicted molar refractivity (Wildman–Crippen MR) is 125 cm³/mol. The van der Waals surface area contributed by atoms with E-state index in [0.717, 1.165) is 22.4 Å². The van der Waals surface area contributed by atoms with E-state index >= 15 is 0 Å². The number of para-hydroxylation sites is 1. The Labute approximate surface area is 191 Å². The molecule has 1 fully saturated rings. The smallest absolute Gasteiger partial charge is 0.258 e. The van der Waals surface area contributed by atoms with E-state index in [0.29, 0.717) is 23.9 Å². The number of rotatable bonds is 5. The molecule has 7 heteroatoms. The predicted octanol–water partition coefficient (Wildman–Crippen LogP) is 4.70. The topological polar surface area (TPSA) is 88.3 Å². The minimum absolute atomic E-state index is 0.0440. The van der Waals surface area contributed by atoms with Gasteiger partial charge in [0.15, 0.2) is 0 Å². The van der Waals surface area contributed by atoms with Gasteiger partial charge in [-0.15, -0.1) is 0 Å². The number of amides is 2. The summed E-state index contributed by atoms with van der Waals surface area (Å²) in [5.41, 5.74) is 4.23. The van der Waals surface area contributed by atoms with Gasteiger partial charge in [-0.05, 0) is 49.4 Å². The molecular weight excluding hydrogens is 416 g/mol. The third-order valence-corrected chi connectivity index (χ3v) is 5.67. The monoisotopic (exact) mass is 438 g/mol. The van der Waals surface area contributed by atoms with E-state index in [9.17, 15) is 9.59 Å². The van der Waals surface area contributed by atoms with Gasteiger partial charge >= 0.3 is 0 Å². The van der Waals surface area contributed by atoms with E-state index in [4.69, 9.17) is 4.52 Å². The highest BCUT2D eigenvalue weighted by molar-refractivity contribution is 6.03. The number of nitrogens with one attached hydrogen (secondary N) is 1. The summed E-state index contributed by atoms with van der Waals surface area (Å²) >= 11 is 0. The number of carbonyl (C=O) groups excluding carboxylic acids is 2. The zero-order chi connectivity index (χ0) is 22.8. The fourth-order valence-corrected chi connectivity index (χ4v) is 3.92. The Morgan fingerprint density at radius 1 is 1.00 bits per heavy atom. The second kappa shape index (κ2) is 8.70. The van der Waals surface area contributed by atoms with Crippen molar-refractivity contribution in [2.24, 2.45) is 5.92 Å². The van der Waals surface area contributed by atoms with Crippen molar-refractivity contribution in [3.8, 4) is 22.8 Å². The summed E-state index contributed by atoms with van der Waals surface area (Å²) in [7, 11) is 0. The summed E-state index contributed by atoms with van der Waals surface area (Å²) in [5.74, 6) is 0.320. The number of hydrogen-bond acceptors (Lipinski definition) is 5. The van der Waals surface area contributed by atoms with Gasteiger partial charge in [0, 0.05) is 35.5 Å². The van der Waals surface area contributed by atoms with Gasteiger partial charge in [-0.3, -0.25) is 9.59 Å². The van der Waals surface area contributed by atoms with Crippen LogP contribution in [0.25, 0.3) is 22.8 Å². The maximum atomic E-state index is 12.7. The molecule has 7 nitrogen and oxygen atoms in total. The first-order chi connectivity index (χ1) is 16.1. The molecule has 0 radical (unpaired) electrons. The molecule has 0 bridgehead atoms. The van der Waals surface area contributed by atoms with Crippen LogP contribution in [0.2, 0.25) is 0 Å². The molecule has 0 aliphatic carbocycles. The van der Waals surface area contributed by atoms with E-state index < -0.39 is 5.92 Å². The number of benzene rings is 3. The van der Waals surface area contributed by atoms with Crippen LogP contribution in [0, 0.1) is 12.8 Å². The zero-order valence-electron chi connectivity index (χ0n) is 18.1. The van der Waals surface area contributed by atoms with Crippen molar-refractivity contribution in [3.63, 3.8) is 0 Å². The lowest BCUT2D eigenvalue weighted by molar-refractivity contribution is -0.122. The molecule has 0 saturated carbocycles. The summed E-state index contributed by atoms with van der Waals surface area (Å²) in [4.78, 5) is 31.3. The van der Waals surface area contributed by atoms with Crippen LogP contribution in [0.5, 0.6) is 0 Å². The maximum absolute atomic E-state index is 12.7. The molecule has 1 N–H and O–H groups in total. The first kappa shape index (κ1) is 20.6. The average molecular weight is 438 g/mol. The number of hydrogen-bond donors (Lipinski definition) is 1. The quantitative estimate of drug-likeness (QED) is 0.488. The molecule has 33 heavy (non-hydrogen) atoms. The second-order valence-corrected chi connectivity index (χ2v) is 8.10. The lowest BCUT2D eigenvalue weighted by Crippen LogP contribution is -2.28. The fraction of sp³-hybridized carbons (Fsp3) is 0.154. The Morgan fingerprint density at radius 3 is 2.55 bits per heavy atom. The molecule has 4 aromatic rings. The molecule has 0 spiro atoms. The SMILES string of the molecule is Cc1cccc(-c2noc(-c3ccc(NC(=O)[C@@H]4CC(=O)N(c5ccccc5)C4)cc3)n2)c1. The minimum atomic E-state index is -0.398. The Balaban J connectivity index is 1.24. The normalized spacial score (nSPS) is 15.6. The van der Waals surface area contributed by atoms with Crippen molar-refractivity contribution in [2.75, 3.05) is 16.8 Å². The van der Waals surface area contributed by atoms with Gasteiger partial charge < -0.3 is 14.7 Å². The molecule has 3 aromatic carbocycles. The molecule has 1 aromatic heterocycles. The molecule has 164 valence electrons. The van der Waals surface area contributed by atoms with Crippen molar-refractivity contribution in [3.05, 3.63) is 84.4 Å². The maximum Gasteiger partial charge on any atom is 0.258 e. The van der Waals surface area contributed by atoms with Gasteiger partial charge in [0.2, 0.25) is 17.6 Å². The molecule has 2 heterocycles. The Kier molecular flexibility index (Phi) is 5.44. The molecule has 5 rings (SSSR count). The van der Waals surface area contributed by atoms with Gasteiger partial charge in [0.1, 0.15) is 0 Å². The number of anilines is 2. The molecule has 1 aliphatic heterocycles.